The van der Waals surface area contributed by atoms with Gasteiger partial charge in [0.1, 0.15) is 0 Å². The zero-order valence-corrected chi connectivity index (χ0v) is 14.9. The summed E-state index contributed by atoms with van der Waals surface area (Å²) < 4.78 is 16.5. The molecule has 0 aromatic heterocycles. The van der Waals surface area contributed by atoms with Crippen LogP contribution in [0.3, 0.4) is 0 Å². The van der Waals surface area contributed by atoms with E-state index in [9.17, 15) is 4.57 Å². The van der Waals surface area contributed by atoms with Crippen LogP contribution in [0.2, 0.25) is 0 Å². The fraction of sp³-hybridized carbons (Fsp3) is 0.300. The van der Waals surface area contributed by atoms with Crippen molar-refractivity contribution in [2.45, 2.75) is 32.9 Å². The number of benzene rings is 2. The molecule has 3 atom stereocenters. The molecule has 0 spiro atoms. The summed E-state index contributed by atoms with van der Waals surface area (Å²) in [7, 11) is -2.85. The minimum absolute atomic E-state index is 0.0536. The van der Waals surface area contributed by atoms with E-state index in [4.69, 9.17) is 0 Å². The van der Waals surface area contributed by atoms with Crippen LogP contribution in [0.15, 0.2) is 73.3 Å². The van der Waals surface area contributed by atoms with Crippen LogP contribution in [0.5, 0.6) is 0 Å². The Morgan fingerprint density at radius 1 is 0.957 bits per heavy atom. The first kappa shape index (κ1) is 16.2. The predicted octanol–water partition coefficient (Wildman–Crippen LogP) is 4.20. The first-order valence-corrected chi connectivity index (χ1v) is 9.69. The molecule has 120 valence electrons. The molecule has 0 aliphatic carbocycles. The second kappa shape index (κ2) is 5.78. The van der Waals surface area contributed by atoms with E-state index in [2.05, 4.69) is 32.0 Å². The molecule has 1 heterocycles. The van der Waals surface area contributed by atoms with E-state index in [1.54, 1.807) is 0 Å². The van der Waals surface area contributed by atoms with Gasteiger partial charge in [0.25, 0.3) is 0 Å². The molecule has 3 rings (SSSR count). The third-order valence-electron chi connectivity index (χ3n) is 4.49. The van der Waals surface area contributed by atoms with E-state index in [0.717, 1.165) is 10.6 Å². The third kappa shape index (κ3) is 2.71. The number of rotatable bonds is 4. The molecule has 1 fully saturated rings. The van der Waals surface area contributed by atoms with Gasteiger partial charge < -0.3 is 0 Å². The Kier molecular flexibility index (Phi) is 4.08. The van der Waals surface area contributed by atoms with Gasteiger partial charge in [-0.15, -0.1) is 6.58 Å². The van der Waals surface area contributed by atoms with Crippen molar-refractivity contribution in [1.82, 2.24) is 4.67 Å². The van der Waals surface area contributed by atoms with E-state index >= 15 is 0 Å². The van der Waals surface area contributed by atoms with Crippen LogP contribution in [-0.4, -0.2) is 16.8 Å². The Morgan fingerprint density at radius 3 is 1.70 bits per heavy atom. The second-order valence-electron chi connectivity index (χ2n) is 7.16. The molecule has 1 saturated heterocycles. The Morgan fingerprint density at radius 2 is 1.39 bits per heavy atom. The van der Waals surface area contributed by atoms with Gasteiger partial charge in [-0.1, -0.05) is 63.2 Å². The van der Waals surface area contributed by atoms with E-state index in [-0.39, 0.29) is 17.5 Å². The largest absolute Gasteiger partial charge is 0.296 e. The smallest absolute Gasteiger partial charge is 0.208 e. The maximum atomic E-state index is 14.3. The summed E-state index contributed by atoms with van der Waals surface area (Å²) in [5.74, 6) is 0. The topological polar surface area (TPSA) is 20.1 Å². The van der Waals surface area contributed by atoms with Crippen molar-refractivity contribution >= 4 is 17.9 Å². The van der Waals surface area contributed by atoms with Crippen molar-refractivity contribution in [2.75, 3.05) is 0 Å². The fourth-order valence-corrected chi connectivity index (χ4v) is 6.78. The van der Waals surface area contributed by atoms with Gasteiger partial charge in [0, 0.05) is 16.7 Å². The summed E-state index contributed by atoms with van der Waals surface area (Å²) in [6.07, 6.45) is 1.94. The van der Waals surface area contributed by atoms with Crippen LogP contribution >= 0.6 is 7.29 Å². The second-order valence-corrected chi connectivity index (χ2v) is 9.81. The van der Waals surface area contributed by atoms with Crippen LogP contribution in [0.25, 0.3) is 0 Å². The highest BCUT2D eigenvalue weighted by Crippen LogP contribution is 2.62. The SMILES string of the molecule is C=C[C@@H]1[C@H](C(C)(C)C)N1P(=O)(c1ccccc1)c1ccccc1. The van der Waals surface area contributed by atoms with Gasteiger partial charge in [0.15, 0.2) is 0 Å². The zero-order valence-electron chi connectivity index (χ0n) is 14.0. The van der Waals surface area contributed by atoms with Crippen LogP contribution < -0.4 is 10.6 Å². The molecule has 1 aliphatic heterocycles. The van der Waals surface area contributed by atoms with Gasteiger partial charge in [0.2, 0.25) is 7.29 Å². The van der Waals surface area contributed by atoms with E-state index in [0.29, 0.717) is 0 Å². The summed E-state index contributed by atoms with van der Waals surface area (Å²) in [5.41, 5.74) is 0.0536. The molecule has 0 radical (unpaired) electrons. The average Bonchev–Trinajstić information content (AvgIpc) is 3.31. The first-order chi connectivity index (χ1) is 10.9. The van der Waals surface area contributed by atoms with Crippen LogP contribution in [-0.2, 0) is 4.57 Å². The first-order valence-electron chi connectivity index (χ1n) is 8.03. The lowest BCUT2D eigenvalue weighted by Gasteiger charge is -2.25. The monoisotopic (exact) mass is 325 g/mol. The van der Waals surface area contributed by atoms with E-state index in [1.807, 2.05) is 66.7 Å². The molecule has 0 N–H and O–H groups in total. The molecule has 0 bridgehead atoms. The average molecular weight is 325 g/mol. The highest BCUT2D eigenvalue weighted by Gasteiger charge is 2.60. The van der Waals surface area contributed by atoms with Crippen molar-refractivity contribution in [3.05, 3.63) is 73.3 Å². The molecule has 2 aromatic carbocycles. The standard InChI is InChI=1S/C20H24NOP/c1-5-18-19(20(2,3)4)21(18)23(22,16-12-8-6-9-13-16)17-14-10-7-11-15-17/h5-15,18-19H,1H2,2-4H3/t18-,19-,21?/m1/s1. The highest BCUT2D eigenvalue weighted by molar-refractivity contribution is 7.76. The molecule has 0 saturated carbocycles. The lowest BCUT2D eigenvalue weighted by Crippen LogP contribution is -2.26. The van der Waals surface area contributed by atoms with Gasteiger partial charge >= 0.3 is 0 Å². The van der Waals surface area contributed by atoms with Crippen LogP contribution in [0.1, 0.15) is 20.8 Å². The van der Waals surface area contributed by atoms with Gasteiger partial charge in [-0.05, 0) is 29.7 Å². The summed E-state index contributed by atoms with van der Waals surface area (Å²) in [5, 5.41) is 1.79. The van der Waals surface area contributed by atoms with Crippen molar-refractivity contribution in [3.8, 4) is 0 Å². The van der Waals surface area contributed by atoms with E-state index in [1.165, 1.54) is 0 Å². The minimum atomic E-state index is -2.85. The molecular weight excluding hydrogens is 301 g/mol. The Labute approximate surface area is 139 Å². The summed E-state index contributed by atoms with van der Waals surface area (Å²) in [4.78, 5) is 0. The molecule has 1 aliphatic rings. The Balaban J connectivity index is 2.15. The predicted molar refractivity (Wildman–Crippen MR) is 98.8 cm³/mol. The van der Waals surface area contributed by atoms with Crippen LogP contribution in [0, 0.1) is 5.41 Å². The van der Waals surface area contributed by atoms with E-state index < -0.39 is 7.29 Å². The highest BCUT2D eigenvalue weighted by atomic mass is 31.2. The van der Waals surface area contributed by atoms with Crippen molar-refractivity contribution in [2.24, 2.45) is 5.41 Å². The van der Waals surface area contributed by atoms with Gasteiger partial charge in [-0.3, -0.25) is 4.57 Å². The molecule has 0 amide bonds. The molecular formula is C20H24NOP. The third-order valence-corrected chi connectivity index (χ3v) is 7.65. The normalized spacial score (nSPS) is 24.2. The minimum Gasteiger partial charge on any atom is -0.296 e. The molecule has 3 heteroatoms. The quantitative estimate of drug-likeness (QED) is 0.477. The Hall–Kier alpha value is -1.63. The van der Waals surface area contributed by atoms with Gasteiger partial charge in [-0.2, -0.15) is 0 Å². The maximum absolute atomic E-state index is 14.3. The van der Waals surface area contributed by atoms with Crippen molar-refractivity contribution in [3.63, 3.8) is 0 Å². The molecule has 1 unspecified atom stereocenters. The summed E-state index contributed by atoms with van der Waals surface area (Å²) in [6.45, 7) is 10.6. The maximum Gasteiger partial charge on any atom is 0.208 e. The van der Waals surface area contributed by atoms with Crippen molar-refractivity contribution < 1.29 is 4.57 Å². The summed E-state index contributed by atoms with van der Waals surface area (Å²) >= 11 is 0. The number of hydrogen-bond acceptors (Lipinski definition) is 1. The molecule has 23 heavy (non-hydrogen) atoms. The van der Waals surface area contributed by atoms with Crippen molar-refractivity contribution in [1.29, 1.82) is 0 Å². The Bertz CT molecular complexity index is 690. The molecule has 2 aromatic rings. The zero-order chi connectivity index (χ0) is 16.7. The number of nitrogens with zero attached hydrogens (tertiary/aromatic N) is 1. The van der Waals surface area contributed by atoms with Gasteiger partial charge in [-0.25, -0.2) is 4.67 Å². The van der Waals surface area contributed by atoms with Gasteiger partial charge in [0.05, 0.1) is 6.04 Å². The summed E-state index contributed by atoms with van der Waals surface area (Å²) in [6, 6.07) is 20.1. The lowest BCUT2D eigenvalue weighted by molar-refractivity contribution is 0.371. The lowest BCUT2D eigenvalue weighted by atomic mass is 9.90. The fourth-order valence-electron chi connectivity index (χ4n) is 3.42. The molecule has 2 nitrogen and oxygen atoms in total. The van der Waals surface area contributed by atoms with Crippen LogP contribution in [0.4, 0.5) is 0 Å². The number of hydrogen-bond donors (Lipinski definition) is 0.